The van der Waals surface area contributed by atoms with Crippen LogP contribution in [0.25, 0.3) is 0 Å². The zero-order valence-corrected chi connectivity index (χ0v) is 15.5. The van der Waals surface area contributed by atoms with Gasteiger partial charge < -0.3 is 4.74 Å². The fourth-order valence-corrected chi connectivity index (χ4v) is 4.00. The molecule has 1 aliphatic rings. The number of carbonyl (C=O) groups excluding carboxylic acids is 1. The molecule has 2 aromatic carbocycles. The van der Waals surface area contributed by atoms with Gasteiger partial charge in [0.1, 0.15) is 5.75 Å². The Morgan fingerprint density at radius 2 is 1.72 bits per heavy atom. The number of hydrogen-bond acceptors (Lipinski definition) is 2. The largest absolute Gasteiger partial charge is 0.423 e. The molecule has 2 aromatic rings. The Hall–Kier alpha value is -1.80. The second-order valence-electron chi connectivity index (χ2n) is 6.94. The number of rotatable bonds is 5. The monoisotopic (exact) mass is 356 g/mol. The van der Waals surface area contributed by atoms with E-state index in [0.29, 0.717) is 22.3 Å². The van der Waals surface area contributed by atoms with E-state index in [2.05, 4.69) is 19.1 Å². The average molecular weight is 357 g/mol. The third kappa shape index (κ3) is 4.64. The topological polar surface area (TPSA) is 26.3 Å². The summed E-state index contributed by atoms with van der Waals surface area (Å²) in [5.41, 5.74) is 1.75. The molecule has 0 aromatic heterocycles. The van der Waals surface area contributed by atoms with Crippen molar-refractivity contribution in [1.29, 1.82) is 0 Å². The van der Waals surface area contributed by atoms with Gasteiger partial charge in [0.2, 0.25) is 0 Å². The Morgan fingerprint density at radius 1 is 1.04 bits per heavy atom. The highest BCUT2D eigenvalue weighted by molar-refractivity contribution is 6.33. The van der Waals surface area contributed by atoms with Crippen LogP contribution < -0.4 is 4.74 Å². The van der Waals surface area contributed by atoms with Gasteiger partial charge in [-0.25, -0.2) is 4.79 Å². The molecule has 1 saturated carbocycles. The molecule has 2 nitrogen and oxygen atoms in total. The van der Waals surface area contributed by atoms with E-state index in [1.54, 1.807) is 24.3 Å². The van der Waals surface area contributed by atoms with E-state index >= 15 is 0 Å². The maximum absolute atomic E-state index is 12.2. The minimum atomic E-state index is -0.418. The predicted molar refractivity (Wildman–Crippen MR) is 102 cm³/mol. The van der Waals surface area contributed by atoms with E-state index in [9.17, 15) is 4.79 Å². The fourth-order valence-electron chi connectivity index (χ4n) is 3.79. The number of halogens is 1. The van der Waals surface area contributed by atoms with E-state index in [-0.39, 0.29) is 0 Å². The summed E-state index contributed by atoms with van der Waals surface area (Å²) in [7, 11) is 0. The standard InChI is InChI=1S/C22H25ClO2/c1-2-5-16-8-10-17(11-9-16)18-12-14-19(15-13-18)25-22(24)20-6-3-4-7-21(20)23/h3-4,6-7,12-17H,2,5,8-11H2,1H3. The summed E-state index contributed by atoms with van der Waals surface area (Å²) in [6.45, 7) is 2.27. The summed E-state index contributed by atoms with van der Waals surface area (Å²) in [4.78, 5) is 12.2. The van der Waals surface area contributed by atoms with Crippen molar-refractivity contribution in [1.82, 2.24) is 0 Å². The van der Waals surface area contributed by atoms with E-state index in [0.717, 1.165) is 5.92 Å². The molecule has 3 heteroatoms. The van der Waals surface area contributed by atoms with Gasteiger partial charge >= 0.3 is 5.97 Å². The van der Waals surface area contributed by atoms with Crippen LogP contribution in [-0.4, -0.2) is 5.97 Å². The van der Waals surface area contributed by atoms with Gasteiger partial charge in [0.25, 0.3) is 0 Å². The molecule has 0 bridgehead atoms. The van der Waals surface area contributed by atoms with Gasteiger partial charge in [-0.05, 0) is 67.3 Å². The molecule has 1 aliphatic carbocycles. The minimum absolute atomic E-state index is 0.391. The van der Waals surface area contributed by atoms with Crippen molar-refractivity contribution in [2.75, 3.05) is 0 Å². The molecule has 1 fully saturated rings. The molecule has 0 heterocycles. The van der Waals surface area contributed by atoms with Crippen LogP contribution in [0.3, 0.4) is 0 Å². The highest BCUT2D eigenvalue weighted by Gasteiger charge is 2.22. The fraction of sp³-hybridized carbons (Fsp3) is 0.409. The zero-order valence-electron chi connectivity index (χ0n) is 14.7. The summed E-state index contributed by atoms with van der Waals surface area (Å²) >= 11 is 6.05. The van der Waals surface area contributed by atoms with Gasteiger partial charge in [0.15, 0.2) is 0 Å². The van der Waals surface area contributed by atoms with Crippen molar-refractivity contribution < 1.29 is 9.53 Å². The molecule has 0 radical (unpaired) electrons. The molecule has 25 heavy (non-hydrogen) atoms. The van der Waals surface area contributed by atoms with Crippen LogP contribution in [0.1, 0.15) is 67.3 Å². The van der Waals surface area contributed by atoms with E-state index in [1.807, 2.05) is 12.1 Å². The predicted octanol–water partition coefficient (Wildman–Crippen LogP) is 6.63. The maximum atomic E-state index is 12.2. The summed E-state index contributed by atoms with van der Waals surface area (Å²) in [6.07, 6.45) is 7.86. The average Bonchev–Trinajstić information content (AvgIpc) is 2.64. The molecule has 0 aliphatic heterocycles. The van der Waals surface area contributed by atoms with Crippen molar-refractivity contribution in [3.8, 4) is 5.75 Å². The first-order valence-electron chi connectivity index (χ1n) is 9.24. The Bertz CT molecular complexity index is 700. The second-order valence-corrected chi connectivity index (χ2v) is 7.35. The Labute approximate surface area is 155 Å². The first-order chi connectivity index (χ1) is 12.2. The quantitative estimate of drug-likeness (QED) is 0.443. The van der Waals surface area contributed by atoms with Crippen molar-refractivity contribution in [3.05, 3.63) is 64.7 Å². The molecule has 0 atom stereocenters. The highest BCUT2D eigenvalue weighted by Crippen LogP contribution is 2.37. The SMILES string of the molecule is CCCC1CCC(c2ccc(OC(=O)c3ccccc3Cl)cc2)CC1. The lowest BCUT2D eigenvalue weighted by Gasteiger charge is -2.28. The summed E-state index contributed by atoms with van der Waals surface area (Å²) in [5.74, 6) is 1.70. The Balaban J connectivity index is 1.59. The van der Waals surface area contributed by atoms with Crippen LogP contribution in [0.4, 0.5) is 0 Å². The molecule has 0 amide bonds. The zero-order chi connectivity index (χ0) is 17.6. The first-order valence-corrected chi connectivity index (χ1v) is 9.62. The van der Waals surface area contributed by atoms with Gasteiger partial charge in [-0.3, -0.25) is 0 Å². The Kier molecular flexibility index (Phi) is 6.14. The van der Waals surface area contributed by atoms with Gasteiger partial charge in [0.05, 0.1) is 10.6 Å². The van der Waals surface area contributed by atoms with Crippen LogP contribution >= 0.6 is 11.6 Å². The lowest BCUT2D eigenvalue weighted by atomic mass is 9.77. The van der Waals surface area contributed by atoms with Crippen LogP contribution in [0.5, 0.6) is 5.75 Å². The molecular formula is C22H25ClO2. The lowest BCUT2D eigenvalue weighted by molar-refractivity contribution is 0.0735. The smallest absolute Gasteiger partial charge is 0.345 e. The number of hydrogen-bond donors (Lipinski definition) is 0. The Morgan fingerprint density at radius 3 is 2.36 bits per heavy atom. The van der Waals surface area contributed by atoms with Crippen molar-refractivity contribution >= 4 is 17.6 Å². The summed E-state index contributed by atoms with van der Waals surface area (Å²) < 4.78 is 5.45. The minimum Gasteiger partial charge on any atom is -0.423 e. The number of ether oxygens (including phenoxy) is 1. The normalized spacial score (nSPS) is 20.2. The number of esters is 1. The molecule has 0 unspecified atom stereocenters. The van der Waals surface area contributed by atoms with Crippen LogP contribution in [0, 0.1) is 5.92 Å². The van der Waals surface area contributed by atoms with Gasteiger partial charge in [-0.15, -0.1) is 0 Å². The van der Waals surface area contributed by atoms with Crippen LogP contribution in [-0.2, 0) is 0 Å². The lowest BCUT2D eigenvalue weighted by Crippen LogP contribution is -2.13. The summed E-state index contributed by atoms with van der Waals surface area (Å²) in [6, 6.07) is 14.9. The van der Waals surface area contributed by atoms with Crippen molar-refractivity contribution in [2.24, 2.45) is 5.92 Å². The molecule has 3 rings (SSSR count). The molecular weight excluding hydrogens is 332 g/mol. The highest BCUT2D eigenvalue weighted by atomic mass is 35.5. The van der Waals surface area contributed by atoms with Gasteiger partial charge in [-0.1, -0.05) is 55.6 Å². The third-order valence-electron chi connectivity index (χ3n) is 5.20. The molecule has 0 saturated heterocycles. The van der Waals surface area contributed by atoms with E-state index in [4.69, 9.17) is 16.3 Å². The third-order valence-corrected chi connectivity index (χ3v) is 5.53. The maximum Gasteiger partial charge on any atom is 0.345 e. The number of benzene rings is 2. The second kappa shape index (κ2) is 8.53. The van der Waals surface area contributed by atoms with Crippen molar-refractivity contribution in [3.63, 3.8) is 0 Å². The number of carbonyl (C=O) groups is 1. The molecule has 0 N–H and O–H groups in total. The molecule has 132 valence electrons. The van der Waals surface area contributed by atoms with Gasteiger partial charge in [-0.2, -0.15) is 0 Å². The summed E-state index contributed by atoms with van der Waals surface area (Å²) in [5, 5.41) is 0.410. The van der Waals surface area contributed by atoms with E-state index in [1.165, 1.54) is 44.1 Å². The van der Waals surface area contributed by atoms with E-state index < -0.39 is 5.97 Å². The molecule has 0 spiro atoms. The van der Waals surface area contributed by atoms with Crippen LogP contribution in [0.2, 0.25) is 5.02 Å². The van der Waals surface area contributed by atoms with Crippen LogP contribution in [0.15, 0.2) is 48.5 Å². The first kappa shape index (κ1) is 18.0. The van der Waals surface area contributed by atoms with Crippen molar-refractivity contribution in [2.45, 2.75) is 51.4 Å². The van der Waals surface area contributed by atoms with Gasteiger partial charge in [0, 0.05) is 0 Å².